The smallest absolute Gasteiger partial charge is 0.130 e. The second-order valence-corrected chi connectivity index (χ2v) is 9.45. The molecule has 6 rings (SSSR count). The molecule has 1 aliphatic heterocycles. The van der Waals surface area contributed by atoms with Crippen molar-refractivity contribution in [3.05, 3.63) is 100 Å². The Balaban J connectivity index is 1.46. The second-order valence-electron chi connectivity index (χ2n) is 9.45. The van der Waals surface area contributed by atoms with E-state index in [9.17, 15) is 9.65 Å². The normalized spacial score (nSPS) is 16.1. The highest BCUT2D eigenvalue weighted by molar-refractivity contribution is 5.89. The zero-order valence-electron chi connectivity index (χ0n) is 19.7. The average Bonchev–Trinajstić information content (AvgIpc) is 3.67. The van der Waals surface area contributed by atoms with Crippen LogP contribution in [0.1, 0.15) is 54.3 Å². The van der Waals surface area contributed by atoms with E-state index in [1.54, 1.807) is 6.07 Å². The third-order valence-electron chi connectivity index (χ3n) is 6.96. The van der Waals surface area contributed by atoms with Crippen LogP contribution in [-0.2, 0) is 19.6 Å². The van der Waals surface area contributed by atoms with Crippen LogP contribution in [0.15, 0.2) is 66.2 Å². The highest BCUT2D eigenvalue weighted by Crippen LogP contribution is 2.46. The molecule has 0 spiro atoms. The summed E-state index contributed by atoms with van der Waals surface area (Å²) in [5.74, 6) is 1.52. The maximum Gasteiger partial charge on any atom is 0.130 e. The fourth-order valence-electron chi connectivity index (χ4n) is 5.14. The lowest BCUT2D eigenvalue weighted by molar-refractivity contribution is 0.305. The van der Waals surface area contributed by atoms with Gasteiger partial charge in [0.1, 0.15) is 24.0 Å². The number of aromatic nitrogens is 2. The quantitative estimate of drug-likeness (QED) is 0.306. The minimum Gasteiger partial charge on any atom is -0.488 e. The van der Waals surface area contributed by atoms with Crippen molar-refractivity contribution in [3.8, 4) is 11.8 Å². The van der Waals surface area contributed by atoms with Crippen LogP contribution in [0.3, 0.4) is 0 Å². The Hall–Kier alpha value is -3.91. The number of halogens is 1. The van der Waals surface area contributed by atoms with Crippen molar-refractivity contribution in [2.24, 2.45) is 5.92 Å². The SMILES string of the molecule is CCCc1nc2ccccc2n1Cc1ccc2c(c1)COc1cc(F)ccc1C2=C(C#N)C1CC1. The fourth-order valence-corrected chi connectivity index (χ4v) is 5.14. The maximum atomic E-state index is 14.1. The highest BCUT2D eigenvalue weighted by Gasteiger charge is 2.32. The molecule has 1 fully saturated rings. The Morgan fingerprint density at radius 2 is 1.94 bits per heavy atom. The second kappa shape index (κ2) is 8.70. The van der Waals surface area contributed by atoms with Crippen molar-refractivity contribution in [2.45, 2.75) is 45.8 Å². The Bertz CT molecular complexity index is 1520. The van der Waals surface area contributed by atoms with Gasteiger partial charge in [0.2, 0.25) is 0 Å². The maximum absolute atomic E-state index is 14.1. The van der Waals surface area contributed by atoms with E-state index in [2.05, 4.69) is 54.0 Å². The van der Waals surface area contributed by atoms with Crippen LogP contribution in [0, 0.1) is 23.1 Å². The van der Waals surface area contributed by atoms with Gasteiger partial charge in [0.05, 0.1) is 17.1 Å². The van der Waals surface area contributed by atoms with E-state index in [1.165, 1.54) is 12.1 Å². The average molecular weight is 464 g/mol. The zero-order valence-corrected chi connectivity index (χ0v) is 19.7. The van der Waals surface area contributed by atoms with E-state index >= 15 is 0 Å². The first-order valence-corrected chi connectivity index (χ1v) is 12.3. The highest BCUT2D eigenvalue weighted by atomic mass is 19.1. The van der Waals surface area contributed by atoms with Gasteiger partial charge in [-0.15, -0.1) is 0 Å². The number of imidazole rings is 1. The van der Waals surface area contributed by atoms with Crippen molar-refractivity contribution in [2.75, 3.05) is 0 Å². The lowest BCUT2D eigenvalue weighted by Gasteiger charge is -2.15. The number of hydrogen-bond acceptors (Lipinski definition) is 3. The fraction of sp³-hybridized carbons (Fsp3) is 0.267. The van der Waals surface area contributed by atoms with Crippen LogP contribution in [0.4, 0.5) is 4.39 Å². The van der Waals surface area contributed by atoms with E-state index in [4.69, 9.17) is 9.72 Å². The number of para-hydroxylation sites is 2. The van der Waals surface area contributed by atoms with Gasteiger partial charge >= 0.3 is 0 Å². The number of allylic oxidation sites excluding steroid dienone is 1. The molecule has 5 heteroatoms. The monoisotopic (exact) mass is 463 g/mol. The Morgan fingerprint density at radius 1 is 1.11 bits per heavy atom. The molecule has 1 saturated carbocycles. The molecule has 0 amide bonds. The molecule has 1 aliphatic carbocycles. The topological polar surface area (TPSA) is 50.8 Å². The molecule has 4 nitrogen and oxygen atoms in total. The number of benzene rings is 3. The number of ether oxygens (including phenoxy) is 1. The van der Waals surface area contributed by atoms with E-state index in [0.29, 0.717) is 18.9 Å². The molecule has 35 heavy (non-hydrogen) atoms. The van der Waals surface area contributed by atoms with Crippen LogP contribution in [0.25, 0.3) is 16.6 Å². The molecule has 0 bridgehead atoms. The summed E-state index contributed by atoms with van der Waals surface area (Å²) >= 11 is 0. The first-order chi connectivity index (χ1) is 17.2. The van der Waals surface area contributed by atoms with E-state index in [-0.39, 0.29) is 11.7 Å². The van der Waals surface area contributed by atoms with Crippen molar-refractivity contribution < 1.29 is 9.13 Å². The number of nitriles is 1. The number of nitrogens with zero attached hydrogens (tertiary/aromatic N) is 3. The number of hydrogen-bond donors (Lipinski definition) is 0. The largest absolute Gasteiger partial charge is 0.488 e. The van der Waals surface area contributed by atoms with Gasteiger partial charge in [-0.3, -0.25) is 0 Å². The standard InChI is InChI=1S/C30H26FN3O/c1-2-5-29-33-26-6-3-4-7-27(26)34(29)17-19-8-12-23-21(14-19)18-35-28-15-22(31)11-13-24(28)30(23)25(16-32)20-9-10-20/h3-4,6-8,11-15,20H,2,5,9-10,17-18H2,1H3. The number of fused-ring (bicyclic) bond motifs is 3. The van der Waals surface area contributed by atoms with Gasteiger partial charge in [-0.25, -0.2) is 9.37 Å². The molecule has 0 saturated heterocycles. The zero-order chi connectivity index (χ0) is 23.9. The van der Waals surface area contributed by atoms with Crippen molar-refractivity contribution >= 4 is 16.6 Å². The van der Waals surface area contributed by atoms with Gasteiger partial charge in [-0.2, -0.15) is 5.26 Å². The predicted molar refractivity (Wildman–Crippen MR) is 134 cm³/mol. The van der Waals surface area contributed by atoms with Gasteiger partial charge in [0, 0.05) is 35.7 Å². The van der Waals surface area contributed by atoms with Crippen molar-refractivity contribution in [1.82, 2.24) is 9.55 Å². The van der Waals surface area contributed by atoms with Gasteiger partial charge in [0.15, 0.2) is 0 Å². The first-order valence-electron chi connectivity index (χ1n) is 12.3. The lowest BCUT2D eigenvalue weighted by atomic mass is 9.88. The number of rotatable bonds is 5. The molecule has 0 atom stereocenters. The molecule has 4 aromatic rings. The van der Waals surface area contributed by atoms with Gasteiger partial charge < -0.3 is 9.30 Å². The molecular formula is C30H26FN3O. The van der Waals surface area contributed by atoms with Crippen LogP contribution in [0.5, 0.6) is 5.75 Å². The number of aryl methyl sites for hydroxylation is 1. The summed E-state index contributed by atoms with van der Waals surface area (Å²) in [5.41, 5.74) is 7.79. The summed E-state index contributed by atoms with van der Waals surface area (Å²) in [6.07, 6.45) is 3.99. The van der Waals surface area contributed by atoms with E-state index < -0.39 is 0 Å². The first kappa shape index (κ1) is 21.6. The van der Waals surface area contributed by atoms with E-state index in [1.807, 2.05) is 6.07 Å². The molecule has 174 valence electrons. The van der Waals surface area contributed by atoms with Crippen LogP contribution in [-0.4, -0.2) is 9.55 Å². The van der Waals surface area contributed by atoms with Crippen LogP contribution in [0.2, 0.25) is 0 Å². The van der Waals surface area contributed by atoms with Crippen molar-refractivity contribution in [3.63, 3.8) is 0 Å². The Labute approximate surface area is 204 Å². The van der Waals surface area contributed by atoms with Crippen molar-refractivity contribution in [1.29, 1.82) is 5.26 Å². The van der Waals surface area contributed by atoms with Gasteiger partial charge in [0.25, 0.3) is 0 Å². The third-order valence-corrected chi connectivity index (χ3v) is 6.96. The summed E-state index contributed by atoms with van der Waals surface area (Å²) in [6, 6.07) is 21.8. The predicted octanol–water partition coefficient (Wildman–Crippen LogP) is 6.80. The van der Waals surface area contributed by atoms with Gasteiger partial charge in [-0.1, -0.05) is 31.2 Å². The third kappa shape index (κ3) is 3.89. The molecule has 2 heterocycles. The summed E-state index contributed by atoms with van der Waals surface area (Å²) in [6.45, 7) is 3.21. The Morgan fingerprint density at radius 3 is 2.74 bits per heavy atom. The molecule has 0 radical (unpaired) electrons. The summed E-state index contributed by atoms with van der Waals surface area (Å²) in [7, 11) is 0. The lowest BCUT2D eigenvalue weighted by Crippen LogP contribution is -2.07. The summed E-state index contributed by atoms with van der Waals surface area (Å²) < 4.78 is 22.5. The molecule has 2 aliphatic rings. The summed E-state index contributed by atoms with van der Waals surface area (Å²) in [4.78, 5) is 4.87. The Kier molecular flexibility index (Phi) is 5.37. The molecule has 0 N–H and O–H groups in total. The minimum atomic E-state index is -0.338. The molecular weight excluding hydrogens is 437 g/mol. The molecule has 3 aromatic carbocycles. The van der Waals surface area contributed by atoms with Gasteiger partial charge in [-0.05, 0) is 72.2 Å². The molecule has 0 unspecified atom stereocenters. The summed E-state index contributed by atoms with van der Waals surface area (Å²) in [5, 5.41) is 10.1. The molecule has 1 aromatic heterocycles. The van der Waals surface area contributed by atoms with E-state index in [0.717, 1.165) is 75.9 Å². The van der Waals surface area contributed by atoms with Crippen LogP contribution >= 0.6 is 0 Å². The minimum absolute atomic E-state index is 0.271. The van der Waals surface area contributed by atoms with Crippen LogP contribution < -0.4 is 4.74 Å².